The van der Waals surface area contributed by atoms with Gasteiger partial charge in [0.2, 0.25) is 0 Å². The van der Waals surface area contributed by atoms with Gasteiger partial charge in [-0.25, -0.2) is 0 Å². The predicted molar refractivity (Wildman–Crippen MR) is 143 cm³/mol. The first kappa shape index (κ1) is 24.5. The Hall–Kier alpha value is -5.18. The number of allylic oxidation sites excluding steroid dienone is 1. The third-order valence-electron chi connectivity index (χ3n) is 6.54. The van der Waals surface area contributed by atoms with Gasteiger partial charge in [0.25, 0.3) is 16.9 Å². The van der Waals surface area contributed by atoms with E-state index in [1.54, 1.807) is 54.6 Å². The topological polar surface area (TPSA) is 136 Å². The van der Waals surface area contributed by atoms with Gasteiger partial charge >= 0.3 is 0 Å². The molecule has 9 nitrogen and oxygen atoms in total. The van der Waals surface area contributed by atoms with Crippen LogP contribution in [0.25, 0.3) is 22.8 Å². The summed E-state index contributed by atoms with van der Waals surface area (Å²) >= 11 is 0. The van der Waals surface area contributed by atoms with Crippen molar-refractivity contribution < 1.29 is 14.6 Å². The third kappa shape index (κ3) is 4.64. The molecule has 0 saturated heterocycles. The molecular weight excluding hydrogens is 486 g/mol. The fraction of sp³-hybridized carbons (Fsp3) is 0.103. The number of carbonyl (C=O) groups is 1. The van der Waals surface area contributed by atoms with Crippen LogP contribution in [0, 0.1) is 20.2 Å². The van der Waals surface area contributed by atoms with E-state index in [1.165, 1.54) is 30.3 Å². The SMILES string of the molecule is O=C(c1ccccc1)c1c(-c2cccc([N+](=O)[O-])c2)c2c([nH]c1=O)/C(=C/c1cccc([N+](=O)[O-])c1)CCC2. The molecule has 0 unspecified atom stereocenters. The van der Waals surface area contributed by atoms with Gasteiger partial charge in [-0.15, -0.1) is 0 Å². The summed E-state index contributed by atoms with van der Waals surface area (Å²) in [6, 6.07) is 20.5. The first-order chi connectivity index (χ1) is 18.3. The highest BCUT2D eigenvalue weighted by Gasteiger charge is 2.28. The van der Waals surface area contributed by atoms with Crippen molar-refractivity contribution in [3.05, 3.63) is 137 Å². The average Bonchev–Trinajstić information content (AvgIpc) is 2.93. The highest BCUT2D eigenvalue weighted by atomic mass is 16.6. The average molecular weight is 508 g/mol. The highest BCUT2D eigenvalue weighted by molar-refractivity contribution is 6.13. The number of fused-ring (bicyclic) bond motifs is 1. The Morgan fingerprint density at radius 2 is 1.53 bits per heavy atom. The van der Waals surface area contributed by atoms with E-state index in [9.17, 15) is 29.8 Å². The first-order valence-electron chi connectivity index (χ1n) is 11.9. The Balaban J connectivity index is 1.77. The summed E-state index contributed by atoms with van der Waals surface area (Å²) in [7, 11) is 0. The van der Waals surface area contributed by atoms with Crippen LogP contribution in [-0.2, 0) is 6.42 Å². The second-order valence-electron chi connectivity index (χ2n) is 8.94. The molecule has 1 heterocycles. The number of nitrogens with zero attached hydrogens (tertiary/aromatic N) is 2. The molecule has 0 saturated carbocycles. The minimum absolute atomic E-state index is 0.0510. The van der Waals surface area contributed by atoms with Gasteiger partial charge in [0.05, 0.1) is 15.4 Å². The summed E-state index contributed by atoms with van der Waals surface area (Å²) in [5, 5.41) is 22.8. The van der Waals surface area contributed by atoms with E-state index in [4.69, 9.17) is 0 Å². The molecule has 0 aliphatic heterocycles. The van der Waals surface area contributed by atoms with Gasteiger partial charge in [0.1, 0.15) is 0 Å². The summed E-state index contributed by atoms with van der Waals surface area (Å²) in [6.45, 7) is 0. The van der Waals surface area contributed by atoms with Crippen molar-refractivity contribution in [3.63, 3.8) is 0 Å². The number of H-pyrrole nitrogens is 1. The molecule has 0 radical (unpaired) electrons. The normalized spacial score (nSPS) is 13.6. The van der Waals surface area contributed by atoms with Gasteiger partial charge < -0.3 is 4.98 Å². The number of benzene rings is 3. The molecule has 3 aromatic carbocycles. The largest absolute Gasteiger partial charge is 0.321 e. The number of aromatic nitrogens is 1. The van der Waals surface area contributed by atoms with E-state index < -0.39 is 21.2 Å². The van der Waals surface area contributed by atoms with Crippen molar-refractivity contribution in [2.45, 2.75) is 19.3 Å². The van der Waals surface area contributed by atoms with Crippen LogP contribution in [0.2, 0.25) is 0 Å². The van der Waals surface area contributed by atoms with Crippen molar-refractivity contribution in [3.8, 4) is 11.1 Å². The Bertz CT molecular complexity index is 1690. The van der Waals surface area contributed by atoms with Crippen molar-refractivity contribution in [2.75, 3.05) is 0 Å². The molecule has 1 N–H and O–H groups in total. The Morgan fingerprint density at radius 1 is 0.842 bits per heavy atom. The first-order valence-corrected chi connectivity index (χ1v) is 11.9. The highest BCUT2D eigenvalue weighted by Crippen LogP contribution is 2.39. The lowest BCUT2D eigenvalue weighted by Gasteiger charge is -2.24. The molecule has 0 atom stereocenters. The summed E-state index contributed by atoms with van der Waals surface area (Å²) in [5.41, 5.74) is 2.79. The fourth-order valence-corrected chi connectivity index (χ4v) is 4.86. The van der Waals surface area contributed by atoms with Crippen molar-refractivity contribution in [1.82, 2.24) is 4.98 Å². The van der Waals surface area contributed by atoms with E-state index in [-0.39, 0.29) is 16.9 Å². The van der Waals surface area contributed by atoms with Crippen molar-refractivity contribution in [1.29, 1.82) is 0 Å². The molecule has 0 spiro atoms. The predicted octanol–water partition coefficient (Wildman–Crippen LogP) is 5.97. The number of ketones is 1. The van der Waals surface area contributed by atoms with Gasteiger partial charge in [0.15, 0.2) is 5.78 Å². The summed E-state index contributed by atoms with van der Waals surface area (Å²) in [5.74, 6) is -0.481. The summed E-state index contributed by atoms with van der Waals surface area (Å²) < 4.78 is 0. The number of carbonyl (C=O) groups excluding carboxylic acids is 1. The minimum atomic E-state index is -0.606. The number of rotatable bonds is 6. The van der Waals surface area contributed by atoms with E-state index in [1.807, 2.05) is 0 Å². The Labute approximate surface area is 216 Å². The van der Waals surface area contributed by atoms with Crippen LogP contribution < -0.4 is 5.56 Å². The van der Waals surface area contributed by atoms with Crippen LogP contribution >= 0.6 is 0 Å². The number of non-ortho nitro benzene ring substituents is 2. The fourth-order valence-electron chi connectivity index (χ4n) is 4.86. The third-order valence-corrected chi connectivity index (χ3v) is 6.54. The number of hydrogen-bond donors (Lipinski definition) is 1. The van der Waals surface area contributed by atoms with Gasteiger partial charge in [-0.1, -0.05) is 54.6 Å². The monoisotopic (exact) mass is 507 g/mol. The number of nitro groups is 2. The molecule has 4 aromatic rings. The number of nitro benzene ring substituents is 2. The van der Waals surface area contributed by atoms with E-state index in [0.29, 0.717) is 52.8 Å². The lowest BCUT2D eigenvalue weighted by Crippen LogP contribution is -2.25. The van der Waals surface area contributed by atoms with Gasteiger partial charge in [-0.2, -0.15) is 0 Å². The van der Waals surface area contributed by atoms with Gasteiger partial charge in [0, 0.05) is 41.1 Å². The zero-order chi connectivity index (χ0) is 26.8. The van der Waals surface area contributed by atoms with Crippen LogP contribution in [-0.4, -0.2) is 20.6 Å². The maximum absolute atomic E-state index is 13.6. The van der Waals surface area contributed by atoms with Crippen LogP contribution in [0.3, 0.4) is 0 Å². The zero-order valence-corrected chi connectivity index (χ0v) is 20.0. The summed E-state index contributed by atoms with van der Waals surface area (Å²) in [4.78, 5) is 51.8. The van der Waals surface area contributed by atoms with Crippen LogP contribution in [0.15, 0.2) is 83.7 Å². The van der Waals surface area contributed by atoms with Gasteiger partial charge in [-0.3, -0.25) is 29.8 Å². The lowest BCUT2D eigenvalue weighted by molar-refractivity contribution is -0.385. The molecular formula is C29H21N3O6. The van der Waals surface area contributed by atoms with Crippen molar-refractivity contribution >= 4 is 28.8 Å². The Morgan fingerprint density at radius 3 is 2.24 bits per heavy atom. The van der Waals surface area contributed by atoms with Crippen LogP contribution in [0.4, 0.5) is 11.4 Å². The second kappa shape index (κ2) is 10.1. The van der Waals surface area contributed by atoms with Crippen molar-refractivity contribution in [2.24, 2.45) is 0 Å². The minimum Gasteiger partial charge on any atom is -0.321 e. The van der Waals surface area contributed by atoms with Crippen LogP contribution in [0.5, 0.6) is 0 Å². The van der Waals surface area contributed by atoms with Crippen LogP contribution in [0.1, 0.15) is 45.6 Å². The Kier molecular flexibility index (Phi) is 6.49. The molecule has 9 heteroatoms. The maximum atomic E-state index is 13.6. The van der Waals surface area contributed by atoms with E-state index >= 15 is 0 Å². The smallest absolute Gasteiger partial charge is 0.270 e. The van der Waals surface area contributed by atoms with E-state index in [0.717, 1.165) is 5.57 Å². The molecule has 0 amide bonds. The maximum Gasteiger partial charge on any atom is 0.270 e. The molecule has 0 bridgehead atoms. The molecule has 0 fully saturated rings. The molecule has 1 aliphatic rings. The zero-order valence-electron chi connectivity index (χ0n) is 20.0. The molecule has 1 aliphatic carbocycles. The molecule has 188 valence electrons. The van der Waals surface area contributed by atoms with E-state index in [2.05, 4.69) is 4.98 Å². The number of hydrogen-bond acceptors (Lipinski definition) is 6. The number of nitrogens with one attached hydrogen (secondary N) is 1. The molecule has 38 heavy (non-hydrogen) atoms. The summed E-state index contributed by atoms with van der Waals surface area (Å²) in [6.07, 6.45) is 3.62. The number of aromatic amines is 1. The lowest BCUT2D eigenvalue weighted by atomic mass is 9.82. The molecule has 1 aromatic heterocycles. The molecule has 5 rings (SSSR count). The van der Waals surface area contributed by atoms with Gasteiger partial charge in [-0.05, 0) is 47.6 Å². The quantitative estimate of drug-likeness (QED) is 0.194. The second-order valence-corrected chi connectivity index (χ2v) is 8.94. The number of pyridine rings is 1. The standard InChI is InChI=1S/C29H21N3O6/c33-28(19-8-2-1-3-9-19)26-25(20-10-5-13-23(17-20)32(37)38)24-14-6-11-21(27(24)30-29(26)34)15-18-7-4-12-22(16-18)31(35)36/h1-5,7-10,12-13,15-17H,6,11,14H2,(H,30,34)/b21-15+.